The SMILES string of the molecule is CNc1cccc(CCC(=O)NCC(=O)NC[C@@H](NC(=O)c2c(Cl)cc(-c3ccccc3)cc2Cl)C(=O)O)n1. The van der Waals surface area contributed by atoms with E-state index in [0.29, 0.717) is 17.8 Å². The molecule has 1 aromatic heterocycles. The van der Waals surface area contributed by atoms with E-state index in [9.17, 15) is 24.3 Å². The summed E-state index contributed by atoms with van der Waals surface area (Å²) in [5, 5.41) is 19.7. The molecule has 5 N–H and O–H groups in total. The van der Waals surface area contributed by atoms with Crippen molar-refractivity contribution in [2.45, 2.75) is 18.9 Å². The van der Waals surface area contributed by atoms with Gasteiger partial charge in [0.25, 0.3) is 5.91 Å². The normalized spacial score (nSPS) is 11.3. The first-order chi connectivity index (χ1) is 18.7. The van der Waals surface area contributed by atoms with Crippen LogP contribution in [0.25, 0.3) is 11.1 Å². The zero-order chi connectivity index (χ0) is 28.4. The van der Waals surface area contributed by atoms with Crippen molar-refractivity contribution >= 4 is 52.7 Å². The number of benzene rings is 2. The van der Waals surface area contributed by atoms with E-state index < -0.39 is 30.4 Å². The molecule has 0 saturated carbocycles. The van der Waals surface area contributed by atoms with Gasteiger partial charge < -0.3 is 26.4 Å². The van der Waals surface area contributed by atoms with Crippen LogP contribution in [-0.4, -0.2) is 60.0 Å². The van der Waals surface area contributed by atoms with Crippen LogP contribution in [0.3, 0.4) is 0 Å². The predicted molar refractivity (Wildman–Crippen MR) is 149 cm³/mol. The number of carbonyl (C=O) groups is 4. The van der Waals surface area contributed by atoms with Crippen LogP contribution in [0.1, 0.15) is 22.5 Å². The second kappa shape index (κ2) is 14.1. The van der Waals surface area contributed by atoms with Gasteiger partial charge >= 0.3 is 5.97 Å². The van der Waals surface area contributed by atoms with E-state index in [1.165, 1.54) is 0 Å². The van der Waals surface area contributed by atoms with Crippen molar-refractivity contribution in [1.82, 2.24) is 20.9 Å². The lowest BCUT2D eigenvalue weighted by molar-refractivity contribution is -0.139. The molecule has 10 nitrogen and oxygen atoms in total. The van der Waals surface area contributed by atoms with E-state index in [1.54, 1.807) is 31.3 Å². The first-order valence-corrected chi connectivity index (χ1v) is 12.7. The number of pyridine rings is 1. The number of amides is 3. The summed E-state index contributed by atoms with van der Waals surface area (Å²) < 4.78 is 0. The van der Waals surface area contributed by atoms with Gasteiger partial charge in [0.15, 0.2) is 0 Å². The van der Waals surface area contributed by atoms with Crippen LogP contribution in [-0.2, 0) is 20.8 Å². The van der Waals surface area contributed by atoms with Gasteiger partial charge in [-0.05, 0) is 41.8 Å². The Bertz CT molecular complexity index is 1330. The summed E-state index contributed by atoms with van der Waals surface area (Å²) in [4.78, 5) is 53.1. The second-order valence-corrected chi connectivity index (χ2v) is 9.20. The summed E-state index contributed by atoms with van der Waals surface area (Å²) in [7, 11) is 1.74. The molecule has 0 radical (unpaired) electrons. The molecule has 1 atom stereocenters. The molecule has 0 aliphatic rings. The Hall–Kier alpha value is -4.15. The van der Waals surface area contributed by atoms with Crippen LogP contribution in [0.2, 0.25) is 10.0 Å². The summed E-state index contributed by atoms with van der Waals surface area (Å²) in [6, 6.07) is 16.3. The van der Waals surface area contributed by atoms with Crippen LogP contribution in [0, 0.1) is 0 Å². The van der Waals surface area contributed by atoms with Crippen molar-refractivity contribution in [2.24, 2.45) is 0 Å². The van der Waals surface area contributed by atoms with Crippen LogP contribution >= 0.6 is 23.2 Å². The Morgan fingerprint density at radius 2 is 1.59 bits per heavy atom. The molecule has 3 aromatic rings. The van der Waals surface area contributed by atoms with E-state index in [1.807, 2.05) is 36.4 Å². The predicted octanol–water partition coefficient (Wildman–Crippen LogP) is 3.15. The number of carboxylic acid groups (broad SMARTS) is 1. The largest absolute Gasteiger partial charge is 0.480 e. The molecule has 39 heavy (non-hydrogen) atoms. The maximum absolute atomic E-state index is 12.8. The molecular formula is C27H27Cl2N5O5. The van der Waals surface area contributed by atoms with E-state index >= 15 is 0 Å². The number of hydrogen-bond donors (Lipinski definition) is 5. The third-order valence-electron chi connectivity index (χ3n) is 5.60. The van der Waals surface area contributed by atoms with Crippen LogP contribution in [0.4, 0.5) is 5.82 Å². The Balaban J connectivity index is 1.50. The number of nitrogens with zero attached hydrogens (tertiary/aromatic N) is 1. The molecular weight excluding hydrogens is 545 g/mol. The average Bonchev–Trinajstić information content (AvgIpc) is 2.93. The number of carbonyl (C=O) groups excluding carboxylic acids is 3. The average molecular weight is 572 g/mol. The zero-order valence-electron chi connectivity index (χ0n) is 21.0. The third-order valence-corrected chi connectivity index (χ3v) is 6.20. The molecule has 0 bridgehead atoms. The van der Waals surface area contributed by atoms with Gasteiger partial charge in [-0.15, -0.1) is 0 Å². The lowest BCUT2D eigenvalue weighted by Gasteiger charge is -2.17. The molecule has 2 aromatic carbocycles. The van der Waals surface area contributed by atoms with Crippen molar-refractivity contribution in [3.63, 3.8) is 0 Å². The highest BCUT2D eigenvalue weighted by molar-refractivity contribution is 6.40. The molecule has 12 heteroatoms. The minimum Gasteiger partial charge on any atom is -0.480 e. The van der Waals surface area contributed by atoms with E-state index in [2.05, 4.69) is 26.3 Å². The maximum atomic E-state index is 12.8. The first kappa shape index (κ1) is 29.4. The van der Waals surface area contributed by atoms with Gasteiger partial charge in [-0.25, -0.2) is 9.78 Å². The van der Waals surface area contributed by atoms with Gasteiger partial charge in [0.05, 0.1) is 22.2 Å². The highest BCUT2D eigenvalue weighted by atomic mass is 35.5. The molecule has 204 valence electrons. The zero-order valence-corrected chi connectivity index (χ0v) is 22.5. The van der Waals surface area contributed by atoms with Gasteiger partial charge in [0.2, 0.25) is 11.8 Å². The number of aromatic nitrogens is 1. The van der Waals surface area contributed by atoms with Crippen molar-refractivity contribution in [3.05, 3.63) is 82.0 Å². The molecule has 0 fully saturated rings. The fourth-order valence-corrected chi connectivity index (χ4v) is 4.22. The lowest BCUT2D eigenvalue weighted by atomic mass is 10.0. The van der Waals surface area contributed by atoms with E-state index in [0.717, 1.165) is 11.3 Å². The van der Waals surface area contributed by atoms with Crippen molar-refractivity contribution in [3.8, 4) is 11.1 Å². The highest BCUT2D eigenvalue weighted by Gasteiger charge is 2.24. The topological polar surface area (TPSA) is 150 Å². The van der Waals surface area contributed by atoms with Crippen molar-refractivity contribution < 1.29 is 24.3 Å². The molecule has 0 saturated heterocycles. The quantitative estimate of drug-likeness (QED) is 0.224. The monoisotopic (exact) mass is 571 g/mol. The number of halogens is 2. The summed E-state index contributed by atoms with van der Waals surface area (Å²) >= 11 is 12.6. The molecule has 0 aliphatic carbocycles. The molecule has 3 amide bonds. The van der Waals surface area contributed by atoms with Gasteiger partial charge in [-0.1, -0.05) is 59.6 Å². The van der Waals surface area contributed by atoms with E-state index in [-0.39, 0.29) is 34.5 Å². The number of aryl methyl sites for hydroxylation is 1. The number of carboxylic acids is 1. The van der Waals surface area contributed by atoms with Crippen LogP contribution in [0.15, 0.2) is 60.7 Å². The number of aliphatic carboxylic acids is 1. The van der Waals surface area contributed by atoms with Gasteiger partial charge in [0.1, 0.15) is 11.9 Å². The molecule has 0 spiro atoms. The summed E-state index contributed by atoms with van der Waals surface area (Å²) in [6.45, 7) is -0.782. The number of anilines is 1. The third kappa shape index (κ3) is 8.69. The summed E-state index contributed by atoms with van der Waals surface area (Å²) in [5.74, 6) is -2.50. The standard InChI is InChI=1S/C27H27Cl2N5O5/c1-30-22-9-5-8-18(33-22)10-11-23(35)32-15-24(36)31-14-21(27(38)39)34-26(37)25-19(28)12-17(13-20(25)29)16-6-3-2-4-7-16/h2-9,12-13,21H,10-11,14-15H2,1H3,(H,30,33)(H,31,36)(H,32,35)(H,34,37)(H,38,39)/t21-/m1/s1. The van der Waals surface area contributed by atoms with Gasteiger partial charge in [-0.3, -0.25) is 14.4 Å². The Morgan fingerprint density at radius 3 is 2.23 bits per heavy atom. The van der Waals surface area contributed by atoms with Crippen LogP contribution in [0.5, 0.6) is 0 Å². The van der Waals surface area contributed by atoms with Crippen molar-refractivity contribution in [2.75, 3.05) is 25.5 Å². The number of rotatable bonds is 12. The summed E-state index contributed by atoms with van der Waals surface area (Å²) in [6.07, 6.45) is 0.499. The molecule has 0 unspecified atom stereocenters. The number of nitrogens with one attached hydrogen (secondary N) is 4. The molecule has 1 heterocycles. The lowest BCUT2D eigenvalue weighted by Crippen LogP contribution is -2.50. The van der Waals surface area contributed by atoms with Gasteiger partial charge in [-0.2, -0.15) is 0 Å². The Labute approximate surface area is 235 Å². The summed E-state index contributed by atoms with van der Waals surface area (Å²) in [5.41, 5.74) is 2.16. The van der Waals surface area contributed by atoms with Crippen LogP contribution < -0.4 is 21.3 Å². The highest BCUT2D eigenvalue weighted by Crippen LogP contribution is 2.31. The fourth-order valence-electron chi connectivity index (χ4n) is 3.56. The maximum Gasteiger partial charge on any atom is 0.328 e. The minimum atomic E-state index is -1.47. The Kier molecular flexibility index (Phi) is 10.7. The fraction of sp³-hybridized carbons (Fsp3) is 0.222. The van der Waals surface area contributed by atoms with Crippen molar-refractivity contribution in [1.29, 1.82) is 0 Å². The van der Waals surface area contributed by atoms with E-state index in [4.69, 9.17) is 23.2 Å². The Morgan fingerprint density at radius 1 is 0.897 bits per heavy atom. The second-order valence-electron chi connectivity index (χ2n) is 8.39. The van der Waals surface area contributed by atoms with Gasteiger partial charge in [0, 0.05) is 25.7 Å². The number of hydrogen-bond acceptors (Lipinski definition) is 6. The first-order valence-electron chi connectivity index (χ1n) is 11.9. The molecule has 3 rings (SSSR count). The minimum absolute atomic E-state index is 0.0441. The smallest absolute Gasteiger partial charge is 0.328 e. The molecule has 0 aliphatic heterocycles.